The topological polar surface area (TPSA) is 60.7 Å². The molecular weight excluding hydrogens is 354 g/mol. The Morgan fingerprint density at radius 2 is 1.81 bits per heavy atom. The number of carbonyl (C=O) groups excluding carboxylic acids is 1. The highest BCUT2D eigenvalue weighted by atomic mass is 35.5. The molecule has 3 rings (SSSR count). The lowest BCUT2D eigenvalue weighted by Gasteiger charge is -2.07. The molecule has 0 aliphatic carbocycles. The van der Waals surface area contributed by atoms with Gasteiger partial charge in [-0.05, 0) is 67.1 Å². The van der Waals surface area contributed by atoms with Crippen LogP contribution < -0.4 is 14.8 Å². The molecule has 0 spiro atoms. The van der Waals surface area contributed by atoms with Crippen molar-refractivity contribution in [2.75, 3.05) is 12.4 Å². The van der Waals surface area contributed by atoms with Crippen molar-refractivity contribution in [1.82, 2.24) is 0 Å². The number of hydrogen-bond donors (Lipinski definition) is 1. The lowest BCUT2D eigenvalue weighted by molar-refractivity contribution is 0.0992. The van der Waals surface area contributed by atoms with E-state index in [0.29, 0.717) is 22.2 Å². The molecule has 2 aromatic carbocycles. The van der Waals surface area contributed by atoms with E-state index in [1.165, 1.54) is 0 Å². The van der Waals surface area contributed by atoms with Gasteiger partial charge >= 0.3 is 0 Å². The quantitative estimate of drug-likeness (QED) is 0.656. The van der Waals surface area contributed by atoms with E-state index >= 15 is 0 Å². The van der Waals surface area contributed by atoms with Crippen LogP contribution in [0, 0.1) is 6.92 Å². The molecule has 5 nitrogen and oxygen atoms in total. The van der Waals surface area contributed by atoms with E-state index in [-0.39, 0.29) is 18.3 Å². The van der Waals surface area contributed by atoms with Gasteiger partial charge in [-0.1, -0.05) is 11.6 Å². The fourth-order valence-electron chi connectivity index (χ4n) is 2.36. The Morgan fingerprint density at radius 3 is 2.50 bits per heavy atom. The van der Waals surface area contributed by atoms with Gasteiger partial charge in [-0.2, -0.15) is 0 Å². The molecule has 26 heavy (non-hydrogen) atoms. The normalized spacial score (nSPS) is 10.4. The lowest BCUT2D eigenvalue weighted by Crippen LogP contribution is -2.11. The smallest absolute Gasteiger partial charge is 0.291 e. The summed E-state index contributed by atoms with van der Waals surface area (Å²) >= 11 is 5.92. The monoisotopic (exact) mass is 371 g/mol. The van der Waals surface area contributed by atoms with Crippen LogP contribution in [0.1, 0.15) is 21.9 Å². The standard InChI is InChI=1S/C20H18ClNO4/c1-13-11-14(21)3-9-18(13)22-20(23)19-10-8-17(26-19)12-25-16-6-4-15(24-2)5-7-16/h3-11H,12H2,1-2H3,(H,22,23). The Bertz CT molecular complexity index is 902. The van der Waals surface area contributed by atoms with E-state index in [2.05, 4.69) is 5.32 Å². The third-order valence-corrected chi connectivity index (χ3v) is 4.00. The average Bonchev–Trinajstić information content (AvgIpc) is 3.12. The summed E-state index contributed by atoms with van der Waals surface area (Å²) in [6, 6.07) is 15.8. The predicted octanol–water partition coefficient (Wildman–Crippen LogP) is 5.08. The highest BCUT2D eigenvalue weighted by molar-refractivity contribution is 6.30. The van der Waals surface area contributed by atoms with Crippen LogP contribution in [0.5, 0.6) is 11.5 Å². The van der Waals surface area contributed by atoms with Gasteiger partial charge in [0.1, 0.15) is 23.9 Å². The maximum absolute atomic E-state index is 12.3. The van der Waals surface area contributed by atoms with Crippen molar-refractivity contribution in [3.63, 3.8) is 0 Å². The predicted molar refractivity (Wildman–Crippen MR) is 100 cm³/mol. The van der Waals surface area contributed by atoms with Crippen LogP contribution >= 0.6 is 11.6 Å². The third-order valence-electron chi connectivity index (χ3n) is 3.76. The molecule has 3 aromatic rings. The summed E-state index contributed by atoms with van der Waals surface area (Å²) in [6.45, 7) is 2.09. The van der Waals surface area contributed by atoms with Gasteiger partial charge in [-0.15, -0.1) is 0 Å². The van der Waals surface area contributed by atoms with Crippen LogP contribution in [0.2, 0.25) is 5.02 Å². The summed E-state index contributed by atoms with van der Waals surface area (Å²) in [5, 5.41) is 3.43. The number of nitrogens with one attached hydrogen (secondary N) is 1. The van der Waals surface area contributed by atoms with E-state index in [0.717, 1.165) is 11.3 Å². The average molecular weight is 372 g/mol. The van der Waals surface area contributed by atoms with E-state index in [9.17, 15) is 4.79 Å². The molecule has 1 amide bonds. The van der Waals surface area contributed by atoms with Gasteiger partial charge in [0.2, 0.25) is 0 Å². The van der Waals surface area contributed by atoms with E-state index in [4.69, 9.17) is 25.5 Å². The maximum Gasteiger partial charge on any atom is 0.291 e. The molecule has 0 aliphatic heterocycles. The van der Waals surface area contributed by atoms with Crippen molar-refractivity contribution in [2.24, 2.45) is 0 Å². The number of carbonyl (C=O) groups is 1. The van der Waals surface area contributed by atoms with Crippen LogP contribution in [0.3, 0.4) is 0 Å². The second kappa shape index (κ2) is 7.97. The van der Waals surface area contributed by atoms with E-state index in [1.54, 1.807) is 49.6 Å². The minimum Gasteiger partial charge on any atom is -0.497 e. The molecule has 1 N–H and O–H groups in total. The Morgan fingerprint density at radius 1 is 1.08 bits per heavy atom. The second-order valence-corrected chi connectivity index (χ2v) is 6.08. The first kappa shape index (κ1) is 17.9. The number of methoxy groups -OCH3 is 1. The zero-order chi connectivity index (χ0) is 18.5. The molecule has 0 saturated heterocycles. The second-order valence-electron chi connectivity index (χ2n) is 5.64. The molecule has 0 aliphatic rings. The number of halogens is 1. The molecule has 6 heteroatoms. The summed E-state index contributed by atoms with van der Waals surface area (Å²) in [5.74, 6) is 1.88. The molecule has 0 radical (unpaired) electrons. The molecule has 1 heterocycles. The van der Waals surface area contributed by atoms with Gasteiger partial charge in [-0.25, -0.2) is 0 Å². The molecule has 1 aromatic heterocycles. The fraction of sp³-hybridized carbons (Fsp3) is 0.150. The number of anilines is 1. The molecule has 0 bridgehead atoms. The fourth-order valence-corrected chi connectivity index (χ4v) is 2.58. The SMILES string of the molecule is COc1ccc(OCc2ccc(C(=O)Nc3ccc(Cl)cc3C)o2)cc1. The first-order valence-electron chi connectivity index (χ1n) is 7.98. The number of rotatable bonds is 6. The highest BCUT2D eigenvalue weighted by Crippen LogP contribution is 2.22. The van der Waals surface area contributed by atoms with Crippen molar-refractivity contribution < 1.29 is 18.7 Å². The van der Waals surface area contributed by atoms with Crippen LogP contribution in [-0.2, 0) is 6.61 Å². The summed E-state index contributed by atoms with van der Waals surface area (Å²) in [5.41, 5.74) is 1.56. The Balaban J connectivity index is 1.60. The Hall–Kier alpha value is -2.92. The number of furan rings is 1. The highest BCUT2D eigenvalue weighted by Gasteiger charge is 2.13. The van der Waals surface area contributed by atoms with Crippen LogP contribution in [0.15, 0.2) is 59.0 Å². The van der Waals surface area contributed by atoms with Gasteiger partial charge in [0.15, 0.2) is 5.76 Å². The minimum absolute atomic E-state index is 0.215. The number of benzene rings is 2. The largest absolute Gasteiger partial charge is 0.497 e. The Labute approximate surface area is 156 Å². The van der Waals surface area contributed by atoms with Crippen molar-refractivity contribution in [1.29, 1.82) is 0 Å². The van der Waals surface area contributed by atoms with Gasteiger partial charge in [0.05, 0.1) is 7.11 Å². The van der Waals surface area contributed by atoms with Crippen molar-refractivity contribution >= 4 is 23.2 Å². The van der Waals surface area contributed by atoms with Crippen molar-refractivity contribution in [3.05, 3.63) is 76.7 Å². The molecular formula is C20H18ClNO4. The van der Waals surface area contributed by atoms with Gasteiger partial charge in [-0.3, -0.25) is 4.79 Å². The molecule has 0 atom stereocenters. The molecule has 134 valence electrons. The van der Waals surface area contributed by atoms with E-state index in [1.807, 2.05) is 19.1 Å². The molecule has 0 unspecified atom stereocenters. The van der Waals surface area contributed by atoms with Crippen LogP contribution in [0.25, 0.3) is 0 Å². The zero-order valence-electron chi connectivity index (χ0n) is 14.4. The number of hydrogen-bond acceptors (Lipinski definition) is 4. The summed E-state index contributed by atoms with van der Waals surface area (Å²) < 4.78 is 16.3. The summed E-state index contributed by atoms with van der Waals surface area (Å²) in [7, 11) is 1.61. The number of amides is 1. The number of ether oxygens (including phenoxy) is 2. The molecule has 0 fully saturated rings. The van der Waals surface area contributed by atoms with Gasteiger partial charge in [0, 0.05) is 10.7 Å². The number of aryl methyl sites for hydroxylation is 1. The minimum atomic E-state index is -0.328. The third kappa shape index (κ3) is 4.37. The van der Waals surface area contributed by atoms with E-state index < -0.39 is 0 Å². The van der Waals surface area contributed by atoms with Crippen LogP contribution in [0.4, 0.5) is 5.69 Å². The van der Waals surface area contributed by atoms with Crippen molar-refractivity contribution in [2.45, 2.75) is 13.5 Å². The maximum atomic E-state index is 12.3. The Kier molecular flexibility index (Phi) is 5.49. The van der Waals surface area contributed by atoms with Crippen LogP contribution in [-0.4, -0.2) is 13.0 Å². The van der Waals surface area contributed by atoms with Gasteiger partial charge < -0.3 is 19.2 Å². The zero-order valence-corrected chi connectivity index (χ0v) is 15.2. The summed E-state index contributed by atoms with van der Waals surface area (Å²) in [6.07, 6.45) is 0. The first-order valence-corrected chi connectivity index (χ1v) is 8.36. The van der Waals surface area contributed by atoms with Crippen molar-refractivity contribution in [3.8, 4) is 11.5 Å². The lowest BCUT2D eigenvalue weighted by atomic mass is 10.2. The molecule has 0 saturated carbocycles. The van der Waals surface area contributed by atoms with Gasteiger partial charge in [0.25, 0.3) is 5.91 Å². The first-order chi connectivity index (χ1) is 12.5. The summed E-state index contributed by atoms with van der Waals surface area (Å²) in [4.78, 5) is 12.3.